The molecule has 1 amide bonds. The van der Waals surface area contributed by atoms with E-state index in [4.69, 9.17) is 17.0 Å². The number of ether oxygens (including phenoxy) is 1. The van der Waals surface area contributed by atoms with Gasteiger partial charge in [-0.3, -0.25) is 9.69 Å². The van der Waals surface area contributed by atoms with E-state index in [9.17, 15) is 4.79 Å². The molecule has 4 nitrogen and oxygen atoms in total. The number of thiocarbonyl (C=S) groups is 1. The van der Waals surface area contributed by atoms with Gasteiger partial charge in [0.25, 0.3) is 5.91 Å². The first-order valence-corrected chi connectivity index (χ1v) is 10.7. The Morgan fingerprint density at radius 1 is 0.967 bits per heavy atom. The lowest BCUT2D eigenvalue weighted by Gasteiger charge is -2.15. The summed E-state index contributed by atoms with van der Waals surface area (Å²) in [5.41, 5.74) is 4.04. The normalized spacial score (nSPS) is 15.7. The number of amides is 1. The number of aryl methyl sites for hydroxylation is 1. The van der Waals surface area contributed by atoms with Crippen LogP contribution in [-0.4, -0.2) is 21.9 Å². The Kier molecular flexibility index (Phi) is 4.60. The van der Waals surface area contributed by atoms with E-state index in [-0.39, 0.29) is 5.91 Å². The van der Waals surface area contributed by atoms with E-state index >= 15 is 0 Å². The first-order chi connectivity index (χ1) is 14.6. The molecule has 3 aromatic carbocycles. The Morgan fingerprint density at radius 2 is 1.77 bits per heavy atom. The summed E-state index contributed by atoms with van der Waals surface area (Å²) >= 11 is 6.82. The van der Waals surface area contributed by atoms with Gasteiger partial charge in [0.1, 0.15) is 5.75 Å². The number of benzene rings is 3. The molecule has 0 atom stereocenters. The summed E-state index contributed by atoms with van der Waals surface area (Å²) in [7, 11) is 3.68. The van der Waals surface area contributed by atoms with E-state index in [1.165, 1.54) is 28.1 Å². The van der Waals surface area contributed by atoms with Crippen LogP contribution in [0.3, 0.4) is 0 Å². The van der Waals surface area contributed by atoms with Gasteiger partial charge in [0.15, 0.2) is 4.32 Å². The average molecular weight is 431 g/mol. The molecule has 1 saturated heterocycles. The lowest BCUT2D eigenvalue weighted by atomic mass is 10.1. The van der Waals surface area contributed by atoms with E-state index in [0.29, 0.717) is 20.7 Å². The van der Waals surface area contributed by atoms with E-state index in [1.54, 1.807) is 12.0 Å². The Labute approximate surface area is 183 Å². The molecular formula is C24H18N2O2S2. The summed E-state index contributed by atoms with van der Waals surface area (Å²) in [5.74, 6) is 0.572. The highest BCUT2D eigenvalue weighted by atomic mass is 32.2. The van der Waals surface area contributed by atoms with Crippen molar-refractivity contribution in [2.45, 2.75) is 0 Å². The number of aromatic nitrogens is 1. The lowest BCUT2D eigenvalue weighted by Crippen LogP contribution is -2.27. The van der Waals surface area contributed by atoms with Crippen molar-refractivity contribution in [1.29, 1.82) is 0 Å². The van der Waals surface area contributed by atoms with E-state index in [2.05, 4.69) is 35.9 Å². The van der Waals surface area contributed by atoms with Crippen LogP contribution in [0.25, 0.3) is 27.9 Å². The molecule has 30 heavy (non-hydrogen) atoms. The number of hydrogen-bond donors (Lipinski definition) is 0. The summed E-state index contributed by atoms with van der Waals surface area (Å²) in [6.07, 6.45) is 1.92. The van der Waals surface area contributed by atoms with Gasteiger partial charge in [0.05, 0.1) is 17.7 Å². The second kappa shape index (κ2) is 7.31. The first kappa shape index (κ1) is 18.9. The number of methoxy groups -OCH3 is 1. The third-order valence-electron chi connectivity index (χ3n) is 5.34. The fourth-order valence-electron chi connectivity index (χ4n) is 3.87. The molecule has 0 radical (unpaired) electrons. The molecule has 0 unspecified atom stereocenters. The Bertz CT molecular complexity index is 1370. The van der Waals surface area contributed by atoms with E-state index in [1.807, 2.05) is 48.5 Å². The smallest absolute Gasteiger partial charge is 0.270 e. The maximum atomic E-state index is 13.1. The van der Waals surface area contributed by atoms with Gasteiger partial charge in [-0.1, -0.05) is 54.3 Å². The molecule has 1 aliphatic rings. The highest BCUT2D eigenvalue weighted by molar-refractivity contribution is 8.27. The number of carbonyl (C=O) groups is 1. The maximum absolute atomic E-state index is 13.1. The van der Waals surface area contributed by atoms with Crippen LogP contribution in [0.5, 0.6) is 5.75 Å². The lowest BCUT2D eigenvalue weighted by molar-refractivity contribution is -0.113. The number of anilines is 1. The second-order valence-electron chi connectivity index (χ2n) is 7.07. The molecule has 0 bridgehead atoms. The standard InChI is InChI=1S/C24H18N2O2S2/c1-25-20-9-4-3-8-18(20)19-12-15(10-11-21(19)25)13-22-23(27)26(24(29)30-22)16-6-5-7-17(14-16)28-2/h3-14H,1-2H3/b22-13-. The predicted molar refractivity (Wildman–Crippen MR) is 129 cm³/mol. The highest BCUT2D eigenvalue weighted by Gasteiger charge is 2.33. The Morgan fingerprint density at radius 3 is 2.60 bits per heavy atom. The third kappa shape index (κ3) is 3.00. The zero-order valence-corrected chi connectivity index (χ0v) is 18.1. The average Bonchev–Trinajstić information content (AvgIpc) is 3.21. The van der Waals surface area contributed by atoms with Crippen molar-refractivity contribution in [3.63, 3.8) is 0 Å². The van der Waals surface area contributed by atoms with Crippen molar-refractivity contribution in [3.05, 3.63) is 77.2 Å². The maximum Gasteiger partial charge on any atom is 0.270 e. The van der Waals surface area contributed by atoms with Gasteiger partial charge >= 0.3 is 0 Å². The molecule has 0 aliphatic carbocycles. The van der Waals surface area contributed by atoms with Crippen LogP contribution in [0.15, 0.2) is 71.6 Å². The van der Waals surface area contributed by atoms with Gasteiger partial charge in [0.2, 0.25) is 0 Å². The zero-order chi connectivity index (χ0) is 20.8. The summed E-state index contributed by atoms with van der Waals surface area (Å²) in [4.78, 5) is 15.3. The quantitative estimate of drug-likeness (QED) is 0.306. The van der Waals surface area contributed by atoms with Crippen molar-refractivity contribution >= 4 is 67.8 Å². The van der Waals surface area contributed by atoms with Crippen molar-refractivity contribution in [1.82, 2.24) is 4.57 Å². The van der Waals surface area contributed by atoms with Gasteiger partial charge in [-0.2, -0.15) is 0 Å². The number of rotatable bonds is 3. The topological polar surface area (TPSA) is 34.5 Å². The van der Waals surface area contributed by atoms with Gasteiger partial charge < -0.3 is 9.30 Å². The van der Waals surface area contributed by atoms with Crippen LogP contribution < -0.4 is 9.64 Å². The summed E-state index contributed by atoms with van der Waals surface area (Å²) in [6.45, 7) is 0. The van der Waals surface area contributed by atoms with Gasteiger partial charge in [-0.25, -0.2) is 0 Å². The molecule has 2 heterocycles. The van der Waals surface area contributed by atoms with Crippen LogP contribution in [0.2, 0.25) is 0 Å². The van der Waals surface area contributed by atoms with Crippen LogP contribution in [-0.2, 0) is 11.8 Å². The molecule has 5 rings (SSSR count). The molecule has 4 aromatic rings. The van der Waals surface area contributed by atoms with Crippen LogP contribution >= 0.6 is 24.0 Å². The molecule has 0 spiro atoms. The monoisotopic (exact) mass is 430 g/mol. The second-order valence-corrected chi connectivity index (χ2v) is 8.75. The number of hydrogen-bond acceptors (Lipinski definition) is 4. The fraction of sp³-hybridized carbons (Fsp3) is 0.0833. The Hall–Kier alpha value is -3.09. The van der Waals surface area contributed by atoms with E-state index in [0.717, 1.165) is 11.1 Å². The summed E-state index contributed by atoms with van der Waals surface area (Å²) in [6, 6.07) is 22.0. The number of carbonyl (C=O) groups excluding carboxylic acids is 1. The van der Waals surface area contributed by atoms with Crippen LogP contribution in [0, 0.1) is 0 Å². The largest absolute Gasteiger partial charge is 0.497 e. The molecule has 0 N–H and O–H groups in total. The minimum atomic E-state index is -0.115. The molecule has 1 aliphatic heterocycles. The molecule has 1 aromatic heterocycles. The number of nitrogens with zero attached hydrogens (tertiary/aromatic N) is 2. The van der Waals surface area contributed by atoms with Gasteiger partial charge in [-0.05, 0) is 42.0 Å². The van der Waals surface area contributed by atoms with Gasteiger partial charge in [0, 0.05) is 34.9 Å². The summed E-state index contributed by atoms with van der Waals surface area (Å²) in [5, 5.41) is 2.37. The number of para-hydroxylation sites is 1. The minimum absolute atomic E-state index is 0.115. The van der Waals surface area contributed by atoms with Crippen LogP contribution in [0.4, 0.5) is 5.69 Å². The van der Waals surface area contributed by atoms with Crippen molar-refractivity contribution in [2.75, 3.05) is 12.0 Å². The molecule has 148 valence electrons. The fourth-order valence-corrected chi connectivity index (χ4v) is 5.17. The van der Waals surface area contributed by atoms with Crippen molar-refractivity contribution in [2.24, 2.45) is 7.05 Å². The van der Waals surface area contributed by atoms with Crippen LogP contribution in [0.1, 0.15) is 5.56 Å². The molecule has 6 heteroatoms. The third-order valence-corrected chi connectivity index (χ3v) is 6.64. The molecular weight excluding hydrogens is 412 g/mol. The number of thioether (sulfide) groups is 1. The first-order valence-electron chi connectivity index (χ1n) is 9.46. The van der Waals surface area contributed by atoms with Gasteiger partial charge in [-0.15, -0.1) is 0 Å². The van der Waals surface area contributed by atoms with Crippen molar-refractivity contribution in [3.8, 4) is 5.75 Å². The van der Waals surface area contributed by atoms with Crippen molar-refractivity contribution < 1.29 is 9.53 Å². The SMILES string of the molecule is COc1cccc(N2C(=O)/C(=C/c3ccc4c(c3)c3ccccc3n4C)SC2=S)c1. The summed E-state index contributed by atoms with van der Waals surface area (Å²) < 4.78 is 7.99. The zero-order valence-electron chi connectivity index (χ0n) is 16.5. The molecule has 0 saturated carbocycles. The minimum Gasteiger partial charge on any atom is -0.497 e. The number of fused-ring (bicyclic) bond motifs is 3. The highest BCUT2D eigenvalue weighted by Crippen LogP contribution is 2.37. The molecule has 1 fully saturated rings. The predicted octanol–water partition coefficient (Wildman–Crippen LogP) is 5.75. The van der Waals surface area contributed by atoms with E-state index < -0.39 is 0 Å². The Balaban J connectivity index is 1.55.